The molecule has 0 saturated heterocycles. The Hall–Kier alpha value is -0.870. The first-order chi connectivity index (χ1) is 6.58. The number of phenolic OH excluding ortho intramolecular Hbond substituents is 1. The second kappa shape index (κ2) is 3.37. The Kier molecular flexibility index (Phi) is 2.33. The molecule has 0 aliphatic carbocycles. The van der Waals surface area contributed by atoms with Crippen molar-refractivity contribution in [3.63, 3.8) is 0 Å². The highest BCUT2D eigenvalue weighted by Crippen LogP contribution is 2.37. The van der Waals surface area contributed by atoms with Crippen molar-refractivity contribution >= 4 is 33.0 Å². The Bertz CT molecular complexity index is 442. The van der Waals surface area contributed by atoms with Gasteiger partial charge in [-0.3, -0.25) is 0 Å². The lowest BCUT2D eigenvalue weighted by atomic mass is 10.2. The molecule has 0 amide bonds. The molecule has 0 atom stereocenters. The molecule has 1 N–H and O–H groups in total. The molecular weight excluding hydrogens is 230 g/mol. The van der Waals surface area contributed by atoms with Crippen molar-refractivity contribution < 1.29 is 13.9 Å². The number of aromatic hydroxyl groups is 1. The van der Waals surface area contributed by atoms with E-state index in [0.29, 0.717) is 10.1 Å². The van der Waals surface area contributed by atoms with Crippen LogP contribution < -0.4 is 0 Å². The molecule has 14 heavy (non-hydrogen) atoms. The third kappa shape index (κ3) is 1.55. The maximum absolute atomic E-state index is 12.3. The fraction of sp³-hybridized carbons (Fsp3) is 0.111. The summed E-state index contributed by atoms with van der Waals surface area (Å²) in [6, 6.07) is 4.26. The number of thiophene rings is 1. The SMILES string of the molecule is Oc1cc2sc(C(F)F)cc2cc1Cl. The molecule has 0 fully saturated rings. The van der Waals surface area contributed by atoms with Crippen molar-refractivity contribution in [1.29, 1.82) is 0 Å². The van der Waals surface area contributed by atoms with Gasteiger partial charge in [-0.15, -0.1) is 11.3 Å². The minimum absolute atomic E-state index is 0.0123. The number of hydrogen-bond acceptors (Lipinski definition) is 2. The van der Waals surface area contributed by atoms with Crippen molar-refractivity contribution in [1.82, 2.24) is 0 Å². The number of rotatable bonds is 1. The number of benzene rings is 1. The van der Waals surface area contributed by atoms with Gasteiger partial charge in [0.1, 0.15) is 5.75 Å². The topological polar surface area (TPSA) is 20.2 Å². The smallest absolute Gasteiger partial charge is 0.272 e. The Morgan fingerprint density at radius 1 is 1.29 bits per heavy atom. The maximum Gasteiger partial charge on any atom is 0.272 e. The lowest BCUT2D eigenvalue weighted by molar-refractivity contribution is 0.156. The number of alkyl halides is 2. The number of halogens is 3. The zero-order chi connectivity index (χ0) is 10.3. The van der Waals surface area contributed by atoms with Gasteiger partial charge in [0.25, 0.3) is 6.43 Å². The Labute approximate surface area is 87.5 Å². The van der Waals surface area contributed by atoms with E-state index >= 15 is 0 Å². The molecule has 0 unspecified atom stereocenters. The highest BCUT2D eigenvalue weighted by atomic mass is 35.5. The van der Waals surface area contributed by atoms with Crippen molar-refractivity contribution in [2.75, 3.05) is 0 Å². The Morgan fingerprint density at radius 3 is 2.64 bits per heavy atom. The zero-order valence-corrected chi connectivity index (χ0v) is 8.37. The van der Waals surface area contributed by atoms with Gasteiger partial charge in [0.2, 0.25) is 0 Å². The van der Waals surface area contributed by atoms with E-state index in [2.05, 4.69) is 0 Å². The lowest BCUT2D eigenvalue weighted by Crippen LogP contribution is -1.72. The summed E-state index contributed by atoms with van der Waals surface area (Å²) in [5.74, 6) is -0.0816. The molecule has 1 aromatic heterocycles. The van der Waals surface area contributed by atoms with E-state index in [9.17, 15) is 13.9 Å². The first-order valence-electron chi connectivity index (χ1n) is 3.78. The van der Waals surface area contributed by atoms with E-state index in [1.54, 1.807) is 0 Å². The van der Waals surface area contributed by atoms with Gasteiger partial charge in [0.15, 0.2) is 0 Å². The van der Waals surface area contributed by atoms with E-state index in [1.807, 2.05) is 0 Å². The number of hydrogen-bond donors (Lipinski definition) is 1. The van der Waals surface area contributed by atoms with Crippen LogP contribution in [-0.2, 0) is 0 Å². The average Bonchev–Trinajstić information content (AvgIpc) is 2.48. The minimum atomic E-state index is -2.48. The zero-order valence-electron chi connectivity index (χ0n) is 6.80. The molecule has 0 bridgehead atoms. The first-order valence-corrected chi connectivity index (χ1v) is 4.97. The van der Waals surface area contributed by atoms with Crippen LogP contribution in [0.3, 0.4) is 0 Å². The van der Waals surface area contributed by atoms with E-state index < -0.39 is 6.43 Å². The van der Waals surface area contributed by atoms with Crippen LogP contribution >= 0.6 is 22.9 Å². The van der Waals surface area contributed by atoms with Crippen LogP contribution in [-0.4, -0.2) is 5.11 Å². The van der Waals surface area contributed by atoms with Crippen molar-refractivity contribution in [2.24, 2.45) is 0 Å². The van der Waals surface area contributed by atoms with E-state index in [-0.39, 0.29) is 15.6 Å². The molecule has 1 nitrogen and oxygen atoms in total. The second-order valence-corrected chi connectivity index (χ2v) is 4.31. The molecule has 0 spiro atoms. The van der Waals surface area contributed by atoms with Crippen LogP contribution in [0.15, 0.2) is 18.2 Å². The van der Waals surface area contributed by atoms with Gasteiger partial charge >= 0.3 is 0 Å². The molecule has 0 radical (unpaired) electrons. The van der Waals surface area contributed by atoms with Gasteiger partial charge in [-0.2, -0.15) is 0 Å². The van der Waals surface area contributed by atoms with Gasteiger partial charge in [0.05, 0.1) is 9.90 Å². The molecule has 2 rings (SSSR count). The van der Waals surface area contributed by atoms with Crippen LogP contribution in [0.2, 0.25) is 5.02 Å². The molecule has 0 aliphatic rings. The average molecular weight is 235 g/mol. The van der Waals surface area contributed by atoms with Gasteiger partial charge in [-0.1, -0.05) is 11.6 Å². The van der Waals surface area contributed by atoms with E-state index in [0.717, 1.165) is 11.3 Å². The summed E-state index contributed by atoms with van der Waals surface area (Å²) in [6.45, 7) is 0. The number of phenols is 1. The first kappa shape index (κ1) is 9.68. The molecule has 0 saturated carbocycles. The summed E-state index contributed by atoms with van der Waals surface area (Å²) in [5, 5.41) is 10.1. The normalized spacial score (nSPS) is 11.4. The third-order valence-electron chi connectivity index (χ3n) is 1.82. The van der Waals surface area contributed by atoms with Crippen molar-refractivity contribution in [3.05, 3.63) is 28.1 Å². The fourth-order valence-corrected chi connectivity index (χ4v) is 2.28. The molecule has 74 valence electrons. The van der Waals surface area contributed by atoms with Gasteiger partial charge < -0.3 is 5.11 Å². The lowest BCUT2D eigenvalue weighted by Gasteiger charge is -1.94. The van der Waals surface area contributed by atoms with Crippen LogP contribution in [0.5, 0.6) is 5.75 Å². The maximum atomic E-state index is 12.3. The van der Waals surface area contributed by atoms with Crippen molar-refractivity contribution in [3.8, 4) is 5.75 Å². The van der Waals surface area contributed by atoms with Gasteiger partial charge in [-0.05, 0) is 23.6 Å². The summed E-state index contributed by atoms with van der Waals surface area (Å²) in [7, 11) is 0. The third-order valence-corrected chi connectivity index (χ3v) is 3.23. The quantitative estimate of drug-likeness (QED) is 0.784. The molecule has 2 aromatic rings. The summed E-state index contributed by atoms with van der Waals surface area (Å²) in [5.41, 5.74) is 0. The van der Waals surface area contributed by atoms with Crippen LogP contribution in [0.4, 0.5) is 8.78 Å². The van der Waals surface area contributed by atoms with Gasteiger partial charge in [0, 0.05) is 4.70 Å². The molecule has 1 heterocycles. The van der Waals surface area contributed by atoms with Crippen molar-refractivity contribution in [2.45, 2.75) is 6.43 Å². The van der Waals surface area contributed by atoms with E-state index in [4.69, 9.17) is 11.6 Å². The van der Waals surface area contributed by atoms with Gasteiger partial charge in [-0.25, -0.2) is 8.78 Å². The summed E-state index contributed by atoms with van der Waals surface area (Å²) >= 11 is 6.60. The Balaban J connectivity index is 2.66. The van der Waals surface area contributed by atoms with Crippen LogP contribution in [0, 0.1) is 0 Å². The monoisotopic (exact) mass is 234 g/mol. The number of fused-ring (bicyclic) bond motifs is 1. The fourth-order valence-electron chi connectivity index (χ4n) is 1.18. The summed E-state index contributed by atoms with van der Waals surface area (Å²) in [4.78, 5) is -0.0123. The molecule has 1 aromatic carbocycles. The van der Waals surface area contributed by atoms with Crippen LogP contribution in [0.1, 0.15) is 11.3 Å². The molecular formula is C9H5ClF2OS. The summed E-state index contributed by atoms with van der Waals surface area (Å²) < 4.78 is 25.3. The standard InChI is InChI=1S/C9H5ClF2OS/c10-5-1-4-2-8(9(11)12)14-7(4)3-6(5)13/h1-3,9,13H. The van der Waals surface area contributed by atoms with E-state index in [1.165, 1.54) is 18.2 Å². The largest absolute Gasteiger partial charge is 0.506 e. The highest BCUT2D eigenvalue weighted by Gasteiger charge is 2.12. The Morgan fingerprint density at radius 2 is 2.00 bits per heavy atom. The minimum Gasteiger partial charge on any atom is -0.506 e. The highest BCUT2D eigenvalue weighted by molar-refractivity contribution is 7.19. The molecule has 0 aliphatic heterocycles. The predicted octanol–water partition coefficient (Wildman–Crippen LogP) is 4.20. The predicted molar refractivity (Wildman–Crippen MR) is 53.5 cm³/mol. The van der Waals surface area contributed by atoms with Crippen LogP contribution in [0.25, 0.3) is 10.1 Å². The summed E-state index contributed by atoms with van der Waals surface area (Å²) in [6.07, 6.45) is -2.48. The molecule has 5 heteroatoms. The second-order valence-electron chi connectivity index (χ2n) is 2.79.